The van der Waals surface area contributed by atoms with Gasteiger partial charge in [-0.25, -0.2) is 8.42 Å². The summed E-state index contributed by atoms with van der Waals surface area (Å²) in [5.74, 6) is -0.792. The van der Waals surface area contributed by atoms with Gasteiger partial charge < -0.3 is 11.1 Å². The van der Waals surface area contributed by atoms with Crippen molar-refractivity contribution < 1.29 is 13.2 Å². The molecule has 54 valence electrons. The van der Waals surface area contributed by atoms with Gasteiger partial charge in [-0.3, -0.25) is 4.79 Å². The highest BCUT2D eigenvalue weighted by molar-refractivity contribution is 7.72. The highest BCUT2D eigenvalue weighted by atomic mass is 32.2. The Labute approximate surface area is 54.2 Å². The third-order valence-electron chi connectivity index (χ3n) is 0.591. The van der Waals surface area contributed by atoms with Gasteiger partial charge in [-0.1, -0.05) is 0 Å². The van der Waals surface area contributed by atoms with E-state index in [1.165, 1.54) is 0 Å². The molecule has 0 aromatic carbocycles. The van der Waals surface area contributed by atoms with E-state index in [0.717, 1.165) is 0 Å². The number of nitrogens with two attached hydrogens (primary N) is 1. The minimum absolute atomic E-state index is 0.177. The van der Waals surface area contributed by atoms with E-state index in [-0.39, 0.29) is 12.4 Å². The Kier molecular flexibility index (Phi) is 3.98. The molecule has 0 aromatic rings. The summed E-state index contributed by atoms with van der Waals surface area (Å²) in [7, 11) is -2.53. The molecule has 0 aromatic heterocycles. The molecule has 0 radical (unpaired) electrons. The number of hydrogen-bond acceptors (Lipinski definition) is 4. The zero-order valence-electron chi connectivity index (χ0n) is 4.66. The normalized spacial score (nSPS) is 9.56. The van der Waals surface area contributed by atoms with E-state index in [9.17, 15) is 13.2 Å². The first kappa shape index (κ1) is 8.38. The van der Waals surface area contributed by atoms with Crippen molar-refractivity contribution in [2.24, 2.45) is 5.73 Å². The van der Waals surface area contributed by atoms with Crippen LogP contribution in [0.15, 0.2) is 0 Å². The molecule has 0 aliphatic rings. The molecule has 3 N–H and O–H groups in total. The van der Waals surface area contributed by atoms with Crippen molar-refractivity contribution in [3.63, 3.8) is 0 Å². The van der Waals surface area contributed by atoms with Crippen molar-refractivity contribution in [2.75, 3.05) is 12.4 Å². The quantitative estimate of drug-likeness (QED) is 0.394. The van der Waals surface area contributed by atoms with Crippen molar-refractivity contribution in [1.29, 1.82) is 0 Å². The number of carbonyl (C=O) groups is 1. The fraction of sp³-hybridized carbons (Fsp3) is 0.667. The van der Waals surface area contributed by atoms with Crippen LogP contribution in [0.2, 0.25) is 0 Å². The number of hydrogen-bond donors (Lipinski definition) is 3. The molecule has 0 rings (SSSR count). The van der Waals surface area contributed by atoms with Crippen LogP contribution in [0.5, 0.6) is 0 Å². The van der Waals surface area contributed by atoms with Gasteiger partial charge in [0.05, 0.1) is 6.54 Å². The van der Waals surface area contributed by atoms with Crippen LogP contribution < -0.4 is 11.1 Å². The van der Waals surface area contributed by atoms with Crippen molar-refractivity contribution >= 4 is 16.6 Å². The van der Waals surface area contributed by atoms with Crippen LogP contribution >= 0.6 is 0 Å². The smallest absolute Gasteiger partial charge is 0.234 e. The maximum absolute atomic E-state index is 10.2. The van der Waals surface area contributed by atoms with Crippen LogP contribution in [0.4, 0.5) is 0 Å². The average molecular weight is 152 g/mol. The number of rotatable bonds is 3. The predicted molar refractivity (Wildman–Crippen MR) is 32.4 cm³/mol. The largest absolute Gasteiger partial charge is 0.341 e. The van der Waals surface area contributed by atoms with Crippen LogP contribution in [0.1, 0.15) is 0 Å². The Balaban J connectivity index is 3.39. The Hall–Kier alpha value is -0.620. The van der Waals surface area contributed by atoms with Gasteiger partial charge in [0.2, 0.25) is 5.91 Å². The molecule has 0 unspecified atom stereocenters. The summed E-state index contributed by atoms with van der Waals surface area (Å²) in [5, 5.41) is 2.07. The van der Waals surface area contributed by atoms with Crippen LogP contribution in [-0.4, -0.2) is 26.7 Å². The van der Waals surface area contributed by atoms with Gasteiger partial charge in [-0.05, 0) is 0 Å². The maximum Gasteiger partial charge on any atom is 0.234 e. The second kappa shape index (κ2) is 4.28. The molecule has 5 nitrogen and oxygen atoms in total. The van der Waals surface area contributed by atoms with Crippen LogP contribution in [0.3, 0.4) is 0 Å². The fourth-order valence-electron chi connectivity index (χ4n) is 0.225. The van der Waals surface area contributed by atoms with Gasteiger partial charge in [0.25, 0.3) is 0 Å². The summed E-state index contributed by atoms with van der Waals surface area (Å²) in [6.45, 7) is -0.177. The third-order valence-corrected chi connectivity index (χ3v) is 1.01. The Morgan fingerprint density at radius 1 is 1.56 bits per heavy atom. The van der Waals surface area contributed by atoms with E-state index in [0.29, 0.717) is 0 Å². The number of nitrogens with one attached hydrogen (secondary N) is 1. The molecular weight excluding hydrogens is 144 g/mol. The van der Waals surface area contributed by atoms with E-state index in [2.05, 4.69) is 5.32 Å². The van der Waals surface area contributed by atoms with E-state index in [1.54, 1.807) is 0 Å². The minimum atomic E-state index is -2.53. The van der Waals surface area contributed by atoms with Gasteiger partial charge in [0, 0.05) is 0 Å². The van der Waals surface area contributed by atoms with Gasteiger partial charge >= 0.3 is 0 Å². The van der Waals surface area contributed by atoms with Gasteiger partial charge in [0.15, 0.2) is 10.7 Å². The Morgan fingerprint density at radius 2 is 2.11 bits per heavy atom. The summed E-state index contributed by atoms with van der Waals surface area (Å²) >= 11 is 0. The number of thiol groups is 1. The minimum Gasteiger partial charge on any atom is -0.341 e. The van der Waals surface area contributed by atoms with Crippen molar-refractivity contribution in [2.45, 2.75) is 0 Å². The Morgan fingerprint density at radius 3 is 2.44 bits per heavy atom. The monoisotopic (exact) mass is 152 g/mol. The first-order valence-electron chi connectivity index (χ1n) is 2.25. The van der Waals surface area contributed by atoms with E-state index in [4.69, 9.17) is 5.73 Å². The highest BCUT2D eigenvalue weighted by Gasteiger charge is 1.93. The lowest BCUT2D eigenvalue weighted by molar-refractivity contribution is -0.119. The number of amides is 1. The second-order valence-electron chi connectivity index (χ2n) is 1.29. The fourth-order valence-corrected chi connectivity index (χ4v) is 0.530. The van der Waals surface area contributed by atoms with Crippen molar-refractivity contribution in [3.05, 3.63) is 0 Å². The molecule has 9 heavy (non-hydrogen) atoms. The van der Waals surface area contributed by atoms with Crippen LogP contribution in [0, 0.1) is 0 Å². The highest BCUT2D eigenvalue weighted by Crippen LogP contribution is 1.60. The average Bonchev–Trinajstić information content (AvgIpc) is 1.83. The lowest BCUT2D eigenvalue weighted by Gasteiger charge is -1.93. The molecule has 0 saturated heterocycles. The Bertz CT molecular complexity index is 156. The standard InChI is InChI=1S/C3H8N2O3S/c4-1-3(6)5-2-9(7)8/h9H,1-2,4H2,(H,5,6). The molecule has 0 atom stereocenters. The third kappa shape index (κ3) is 5.25. The van der Waals surface area contributed by atoms with Crippen molar-refractivity contribution in [1.82, 2.24) is 5.32 Å². The van der Waals surface area contributed by atoms with Crippen LogP contribution in [0.25, 0.3) is 0 Å². The van der Waals surface area contributed by atoms with Crippen LogP contribution in [-0.2, 0) is 15.5 Å². The number of carbonyl (C=O) groups excluding carboxylic acids is 1. The second-order valence-corrected chi connectivity index (χ2v) is 2.28. The first-order valence-corrected chi connectivity index (χ1v) is 3.61. The summed E-state index contributed by atoms with van der Waals surface area (Å²) in [6.07, 6.45) is 0. The molecule has 0 aliphatic heterocycles. The van der Waals surface area contributed by atoms with Gasteiger partial charge in [0.1, 0.15) is 5.88 Å². The lowest BCUT2D eigenvalue weighted by atomic mass is 10.6. The molecule has 6 heteroatoms. The first-order chi connectivity index (χ1) is 4.16. The molecule has 1 amide bonds. The maximum atomic E-state index is 10.2. The van der Waals surface area contributed by atoms with E-state index in [1.807, 2.05) is 0 Å². The zero-order valence-corrected chi connectivity index (χ0v) is 5.56. The summed E-state index contributed by atoms with van der Waals surface area (Å²) in [5.41, 5.74) is 4.85. The van der Waals surface area contributed by atoms with Gasteiger partial charge in [-0.15, -0.1) is 0 Å². The topological polar surface area (TPSA) is 89.3 Å². The van der Waals surface area contributed by atoms with E-state index >= 15 is 0 Å². The summed E-state index contributed by atoms with van der Waals surface area (Å²) < 4.78 is 19.6. The zero-order chi connectivity index (χ0) is 7.28. The van der Waals surface area contributed by atoms with Crippen molar-refractivity contribution in [3.8, 4) is 0 Å². The molecule has 0 bridgehead atoms. The SMILES string of the molecule is NCC(=O)NC[SH](=O)=O. The van der Waals surface area contributed by atoms with Gasteiger partial charge in [-0.2, -0.15) is 0 Å². The lowest BCUT2D eigenvalue weighted by Crippen LogP contribution is -2.31. The summed E-state index contributed by atoms with van der Waals surface area (Å²) in [6, 6.07) is 0. The molecule has 0 heterocycles. The molecule has 0 saturated carbocycles. The molecule has 0 fully saturated rings. The van der Waals surface area contributed by atoms with E-state index < -0.39 is 16.6 Å². The molecule has 0 aliphatic carbocycles. The predicted octanol–water partition coefficient (Wildman–Crippen LogP) is -2.37. The molecule has 0 spiro atoms. The molecular formula is C3H8N2O3S. The summed E-state index contributed by atoms with van der Waals surface area (Å²) in [4.78, 5) is 10.2.